The zero-order chi connectivity index (χ0) is 26.6. The molecule has 10 nitrogen and oxygen atoms in total. The highest BCUT2D eigenvalue weighted by atomic mass is 16.6. The second kappa shape index (κ2) is 11.1. The fourth-order valence-corrected chi connectivity index (χ4v) is 3.93. The Kier molecular flexibility index (Phi) is 8.37. The summed E-state index contributed by atoms with van der Waals surface area (Å²) in [6.07, 6.45) is 2.68. The molecule has 1 aliphatic heterocycles. The number of aromatic nitrogens is 3. The van der Waals surface area contributed by atoms with Crippen molar-refractivity contribution in [2.75, 3.05) is 23.3 Å². The molecule has 4 N–H and O–H groups in total. The van der Waals surface area contributed by atoms with Gasteiger partial charge in [0.15, 0.2) is 0 Å². The molecule has 3 heterocycles. The summed E-state index contributed by atoms with van der Waals surface area (Å²) in [4.78, 5) is 40.2. The molecule has 0 unspecified atom stereocenters. The first kappa shape index (κ1) is 27.2. The van der Waals surface area contributed by atoms with Gasteiger partial charge in [-0.3, -0.25) is 9.78 Å². The van der Waals surface area contributed by atoms with Crippen molar-refractivity contribution in [3.05, 3.63) is 35.3 Å². The van der Waals surface area contributed by atoms with Crippen molar-refractivity contribution in [2.24, 2.45) is 5.73 Å². The number of nitrogens with one attached hydrogen (secondary N) is 2. The number of anilines is 3. The van der Waals surface area contributed by atoms with Crippen LogP contribution in [0.25, 0.3) is 0 Å². The van der Waals surface area contributed by atoms with Gasteiger partial charge in [0, 0.05) is 42.4 Å². The van der Waals surface area contributed by atoms with E-state index in [-0.39, 0.29) is 23.4 Å². The first-order chi connectivity index (χ1) is 16.8. The van der Waals surface area contributed by atoms with Gasteiger partial charge in [0.2, 0.25) is 5.95 Å². The van der Waals surface area contributed by atoms with Crippen LogP contribution in [0, 0.1) is 0 Å². The second-order valence-corrected chi connectivity index (χ2v) is 10.9. The van der Waals surface area contributed by atoms with Crippen molar-refractivity contribution in [2.45, 2.75) is 84.8 Å². The molecule has 1 atom stereocenters. The van der Waals surface area contributed by atoms with Gasteiger partial charge < -0.3 is 26.0 Å². The van der Waals surface area contributed by atoms with Crippen LogP contribution in [0.5, 0.6) is 0 Å². The van der Waals surface area contributed by atoms with Crippen LogP contribution in [0.1, 0.15) is 94.9 Å². The molecule has 1 aliphatic rings. The van der Waals surface area contributed by atoms with E-state index in [0.717, 1.165) is 36.5 Å². The summed E-state index contributed by atoms with van der Waals surface area (Å²) in [5.41, 5.74) is 7.96. The number of carbonyl (C=O) groups excluding carboxylic acids is 2. The molecule has 0 aromatic carbocycles. The fourth-order valence-electron chi connectivity index (χ4n) is 3.93. The predicted molar refractivity (Wildman–Crippen MR) is 141 cm³/mol. The normalized spacial score (nSPS) is 16.2. The highest BCUT2D eigenvalue weighted by Gasteiger charge is 2.26. The van der Waals surface area contributed by atoms with Crippen LogP contribution in [0.3, 0.4) is 0 Å². The lowest BCUT2D eigenvalue weighted by Crippen LogP contribution is -2.49. The molecule has 1 fully saturated rings. The van der Waals surface area contributed by atoms with Crippen molar-refractivity contribution in [3.8, 4) is 0 Å². The smallest absolute Gasteiger partial charge is 0.407 e. The number of hydrogen-bond donors (Lipinski definition) is 3. The maximum Gasteiger partial charge on any atom is 0.407 e. The zero-order valence-electron chi connectivity index (χ0n) is 22.4. The molecular formula is C26H39N7O3. The van der Waals surface area contributed by atoms with Crippen LogP contribution >= 0.6 is 0 Å². The van der Waals surface area contributed by atoms with E-state index in [1.165, 1.54) is 6.20 Å². The largest absolute Gasteiger partial charge is 0.444 e. The number of piperidine rings is 1. The second-order valence-electron chi connectivity index (χ2n) is 10.9. The summed E-state index contributed by atoms with van der Waals surface area (Å²) < 4.78 is 5.40. The van der Waals surface area contributed by atoms with E-state index in [2.05, 4.69) is 48.3 Å². The molecule has 0 saturated carbocycles. The molecule has 0 radical (unpaired) electrons. The minimum Gasteiger partial charge on any atom is -0.444 e. The standard InChI is InChI=1S/C26H39N7O3/c1-15(2)20-11-18(12-21(31-20)16(3)4)29-23-19(22(27)34)13-28-24(32-23)33-10-8-9-17(14-33)30-25(35)36-26(5,6)7/h11-13,15-17H,8-10,14H2,1-7H3,(H2,27,34)(H,30,35)(H,28,29,31,32)/t17-/m0/s1. The molecule has 36 heavy (non-hydrogen) atoms. The van der Waals surface area contributed by atoms with Gasteiger partial charge in [-0.05, 0) is 57.6 Å². The molecule has 10 heteroatoms. The van der Waals surface area contributed by atoms with Crippen molar-refractivity contribution in [1.82, 2.24) is 20.3 Å². The Morgan fingerprint density at radius 1 is 1.11 bits per heavy atom. The van der Waals surface area contributed by atoms with E-state index in [9.17, 15) is 9.59 Å². The third-order valence-electron chi connectivity index (χ3n) is 5.78. The first-order valence-corrected chi connectivity index (χ1v) is 12.5. The lowest BCUT2D eigenvalue weighted by atomic mass is 10.0. The van der Waals surface area contributed by atoms with Gasteiger partial charge in [-0.2, -0.15) is 4.98 Å². The van der Waals surface area contributed by atoms with Crippen LogP contribution in [-0.2, 0) is 4.74 Å². The van der Waals surface area contributed by atoms with Crippen molar-refractivity contribution >= 4 is 29.5 Å². The number of nitrogens with two attached hydrogens (primary N) is 1. The summed E-state index contributed by atoms with van der Waals surface area (Å²) in [6, 6.07) is 3.82. The number of primary amides is 1. The van der Waals surface area contributed by atoms with Gasteiger partial charge in [0.25, 0.3) is 5.91 Å². The van der Waals surface area contributed by atoms with E-state index < -0.39 is 17.6 Å². The SMILES string of the molecule is CC(C)c1cc(Nc2nc(N3CCC[C@H](NC(=O)OC(C)(C)C)C3)ncc2C(N)=O)cc(C(C)C)n1. The maximum absolute atomic E-state index is 12.2. The monoisotopic (exact) mass is 497 g/mol. The summed E-state index contributed by atoms with van der Waals surface area (Å²) in [5.74, 6) is 0.660. The lowest BCUT2D eigenvalue weighted by Gasteiger charge is -2.33. The van der Waals surface area contributed by atoms with E-state index >= 15 is 0 Å². The predicted octanol–water partition coefficient (Wildman–Crippen LogP) is 4.45. The fraction of sp³-hybridized carbons (Fsp3) is 0.577. The Hall–Kier alpha value is -3.43. The number of hydrogen-bond acceptors (Lipinski definition) is 8. The van der Waals surface area contributed by atoms with Crippen LogP contribution in [0.4, 0.5) is 22.2 Å². The van der Waals surface area contributed by atoms with Crippen LogP contribution in [0.2, 0.25) is 0 Å². The molecule has 0 bridgehead atoms. The molecule has 2 aromatic rings. The van der Waals surface area contributed by atoms with Gasteiger partial charge >= 0.3 is 6.09 Å². The summed E-state index contributed by atoms with van der Waals surface area (Å²) in [7, 11) is 0. The Morgan fingerprint density at radius 3 is 2.31 bits per heavy atom. The first-order valence-electron chi connectivity index (χ1n) is 12.5. The topological polar surface area (TPSA) is 135 Å². The van der Waals surface area contributed by atoms with Crippen molar-refractivity contribution < 1.29 is 14.3 Å². The summed E-state index contributed by atoms with van der Waals surface area (Å²) in [6.45, 7) is 15.1. The number of pyridine rings is 1. The Labute approximate surface area is 213 Å². The molecular weight excluding hydrogens is 458 g/mol. The lowest BCUT2D eigenvalue weighted by molar-refractivity contribution is 0.0499. The Morgan fingerprint density at radius 2 is 1.75 bits per heavy atom. The van der Waals surface area contributed by atoms with E-state index in [0.29, 0.717) is 18.3 Å². The van der Waals surface area contributed by atoms with Gasteiger partial charge in [-0.25, -0.2) is 9.78 Å². The molecule has 0 spiro atoms. The van der Waals surface area contributed by atoms with E-state index in [1.807, 2.05) is 37.8 Å². The van der Waals surface area contributed by atoms with Gasteiger partial charge in [-0.1, -0.05) is 27.7 Å². The zero-order valence-corrected chi connectivity index (χ0v) is 22.4. The van der Waals surface area contributed by atoms with Crippen LogP contribution in [0.15, 0.2) is 18.3 Å². The van der Waals surface area contributed by atoms with E-state index in [4.69, 9.17) is 15.5 Å². The van der Waals surface area contributed by atoms with Gasteiger partial charge in [0.05, 0.1) is 0 Å². The summed E-state index contributed by atoms with van der Waals surface area (Å²) in [5, 5.41) is 6.22. The number of alkyl carbamates (subject to hydrolysis) is 1. The number of amides is 2. The van der Waals surface area contributed by atoms with Gasteiger partial charge in [0.1, 0.15) is 17.0 Å². The summed E-state index contributed by atoms with van der Waals surface area (Å²) >= 11 is 0. The highest BCUT2D eigenvalue weighted by molar-refractivity contribution is 5.98. The van der Waals surface area contributed by atoms with Gasteiger partial charge in [-0.15, -0.1) is 0 Å². The highest BCUT2D eigenvalue weighted by Crippen LogP contribution is 2.27. The van der Waals surface area contributed by atoms with Crippen molar-refractivity contribution in [3.63, 3.8) is 0 Å². The molecule has 2 aromatic heterocycles. The number of rotatable bonds is 7. The number of nitrogens with zero attached hydrogens (tertiary/aromatic N) is 4. The number of ether oxygens (including phenoxy) is 1. The van der Waals surface area contributed by atoms with E-state index in [1.54, 1.807) is 0 Å². The molecule has 3 rings (SSSR count). The average molecular weight is 498 g/mol. The minimum absolute atomic E-state index is 0.105. The molecule has 2 amide bonds. The molecule has 0 aliphatic carbocycles. The van der Waals surface area contributed by atoms with Crippen LogP contribution in [-0.4, -0.2) is 51.7 Å². The third-order valence-corrected chi connectivity index (χ3v) is 5.78. The average Bonchev–Trinajstić information content (AvgIpc) is 2.77. The third kappa shape index (κ3) is 7.29. The Bertz CT molecular complexity index is 1070. The molecule has 1 saturated heterocycles. The Balaban J connectivity index is 1.85. The number of carbonyl (C=O) groups is 2. The van der Waals surface area contributed by atoms with Crippen LogP contribution < -0.4 is 21.3 Å². The maximum atomic E-state index is 12.2. The molecule has 196 valence electrons. The van der Waals surface area contributed by atoms with Crippen molar-refractivity contribution in [1.29, 1.82) is 0 Å². The quantitative estimate of drug-likeness (QED) is 0.510. The minimum atomic E-state index is -0.616.